The van der Waals surface area contributed by atoms with Crippen molar-refractivity contribution in [2.75, 3.05) is 19.6 Å². The Labute approximate surface area is 144 Å². The van der Waals surface area contributed by atoms with E-state index in [2.05, 4.69) is 37.1 Å². The van der Waals surface area contributed by atoms with E-state index in [1.54, 1.807) is 6.08 Å². The molecule has 1 amide bonds. The van der Waals surface area contributed by atoms with Crippen molar-refractivity contribution in [3.05, 3.63) is 47.0 Å². The van der Waals surface area contributed by atoms with E-state index in [1.165, 1.54) is 18.4 Å². The van der Waals surface area contributed by atoms with Gasteiger partial charge in [0.05, 0.1) is 6.04 Å². The van der Waals surface area contributed by atoms with Crippen LogP contribution in [0.5, 0.6) is 0 Å². The highest BCUT2D eigenvalue weighted by Gasteiger charge is 2.23. The maximum absolute atomic E-state index is 12.1. The second-order valence-corrected chi connectivity index (χ2v) is 7.69. The normalized spacial score (nSPS) is 17.6. The maximum atomic E-state index is 12.1. The summed E-state index contributed by atoms with van der Waals surface area (Å²) in [5.74, 6) is -0.0360. The molecule has 0 aliphatic carbocycles. The molecule has 1 unspecified atom stereocenters. The molecule has 126 valence electrons. The van der Waals surface area contributed by atoms with E-state index in [0.29, 0.717) is 6.54 Å². The lowest BCUT2D eigenvalue weighted by atomic mass is 9.96. The molecule has 1 atom stereocenters. The minimum atomic E-state index is -0.0360. The maximum Gasteiger partial charge on any atom is 0.243 e. The summed E-state index contributed by atoms with van der Waals surface area (Å²) in [7, 11) is 0. The van der Waals surface area contributed by atoms with E-state index in [4.69, 9.17) is 11.6 Å². The van der Waals surface area contributed by atoms with Crippen molar-refractivity contribution >= 4 is 17.5 Å². The monoisotopic (exact) mass is 334 g/mol. The Hall–Kier alpha value is -1.32. The molecule has 4 heteroatoms. The van der Waals surface area contributed by atoms with Gasteiger partial charge in [-0.3, -0.25) is 9.69 Å². The third kappa shape index (κ3) is 6.00. The minimum Gasteiger partial charge on any atom is -0.351 e. The number of carbonyl (C=O) groups is 1. The standard InChI is InChI=1S/C19H27ClN2O/c1-19(2,3)10-9-18(23)21-14-17(22-11-4-5-12-22)15-7-6-8-16(20)13-15/h6-10,13,17H,4-5,11-12,14H2,1-3H3,(H,21,23). The molecule has 1 aromatic carbocycles. The first-order chi connectivity index (χ1) is 10.8. The SMILES string of the molecule is CC(C)(C)C=CC(=O)NCC(c1cccc(Cl)c1)N1CCCC1. The highest BCUT2D eigenvalue weighted by molar-refractivity contribution is 6.30. The van der Waals surface area contributed by atoms with Crippen molar-refractivity contribution in [3.63, 3.8) is 0 Å². The fourth-order valence-corrected chi connectivity index (χ4v) is 3.01. The van der Waals surface area contributed by atoms with Gasteiger partial charge in [0.2, 0.25) is 5.91 Å². The van der Waals surface area contributed by atoms with Crippen molar-refractivity contribution in [2.45, 2.75) is 39.7 Å². The third-order valence-electron chi connectivity index (χ3n) is 4.02. The number of hydrogen-bond donors (Lipinski definition) is 1. The summed E-state index contributed by atoms with van der Waals surface area (Å²) in [6, 6.07) is 8.13. The summed E-state index contributed by atoms with van der Waals surface area (Å²) in [6.45, 7) is 8.99. The van der Waals surface area contributed by atoms with Crippen LogP contribution in [0.1, 0.15) is 45.2 Å². The zero-order chi connectivity index (χ0) is 16.9. The predicted octanol–water partition coefficient (Wildman–Crippen LogP) is 4.20. The zero-order valence-corrected chi connectivity index (χ0v) is 15.1. The highest BCUT2D eigenvalue weighted by Crippen LogP contribution is 2.26. The van der Waals surface area contributed by atoms with Crippen LogP contribution < -0.4 is 5.32 Å². The Morgan fingerprint density at radius 3 is 2.65 bits per heavy atom. The molecule has 1 aliphatic heterocycles. The lowest BCUT2D eigenvalue weighted by molar-refractivity contribution is -0.116. The molecule has 1 saturated heterocycles. The van der Waals surface area contributed by atoms with E-state index in [0.717, 1.165) is 18.1 Å². The van der Waals surface area contributed by atoms with Crippen LogP contribution in [-0.2, 0) is 4.79 Å². The number of benzene rings is 1. The third-order valence-corrected chi connectivity index (χ3v) is 4.25. The van der Waals surface area contributed by atoms with Gasteiger partial charge in [0.1, 0.15) is 0 Å². The van der Waals surface area contributed by atoms with E-state index in [1.807, 2.05) is 24.3 Å². The fourth-order valence-electron chi connectivity index (χ4n) is 2.81. The Morgan fingerprint density at radius 2 is 2.04 bits per heavy atom. The smallest absolute Gasteiger partial charge is 0.243 e. The largest absolute Gasteiger partial charge is 0.351 e. The van der Waals surface area contributed by atoms with Gasteiger partial charge < -0.3 is 5.32 Å². The number of nitrogens with zero attached hydrogens (tertiary/aromatic N) is 1. The van der Waals surface area contributed by atoms with Crippen LogP contribution in [0.4, 0.5) is 0 Å². The van der Waals surface area contributed by atoms with Gasteiger partial charge in [0.15, 0.2) is 0 Å². The Morgan fingerprint density at radius 1 is 1.35 bits per heavy atom. The number of hydrogen-bond acceptors (Lipinski definition) is 2. The van der Waals surface area contributed by atoms with Crippen molar-refractivity contribution in [3.8, 4) is 0 Å². The molecule has 0 spiro atoms. The Bertz CT molecular complexity index is 557. The van der Waals surface area contributed by atoms with Gasteiger partial charge in [-0.25, -0.2) is 0 Å². The summed E-state index contributed by atoms with van der Waals surface area (Å²) < 4.78 is 0. The van der Waals surface area contributed by atoms with E-state index < -0.39 is 0 Å². The number of likely N-dealkylation sites (tertiary alicyclic amines) is 1. The van der Waals surface area contributed by atoms with Crippen molar-refractivity contribution in [2.24, 2.45) is 5.41 Å². The van der Waals surface area contributed by atoms with Crippen LogP contribution in [-0.4, -0.2) is 30.4 Å². The minimum absolute atomic E-state index is 0.0125. The molecular formula is C19H27ClN2O. The van der Waals surface area contributed by atoms with Crippen molar-refractivity contribution in [1.82, 2.24) is 10.2 Å². The van der Waals surface area contributed by atoms with E-state index in [-0.39, 0.29) is 17.4 Å². The van der Waals surface area contributed by atoms with Gasteiger partial charge in [0, 0.05) is 11.6 Å². The zero-order valence-electron chi connectivity index (χ0n) is 14.3. The summed E-state index contributed by atoms with van der Waals surface area (Å²) in [5.41, 5.74) is 1.18. The number of halogens is 1. The summed E-state index contributed by atoms with van der Waals surface area (Å²) in [6.07, 6.45) is 6.01. The summed E-state index contributed by atoms with van der Waals surface area (Å²) in [4.78, 5) is 14.5. The lowest BCUT2D eigenvalue weighted by Gasteiger charge is -2.28. The lowest BCUT2D eigenvalue weighted by Crippen LogP contribution is -2.36. The molecule has 2 rings (SSSR count). The van der Waals surface area contributed by atoms with Crippen LogP contribution in [0.3, 0.4) is 0 Å². The quantitative estimate of drug-likeness (QED) is 0.819. The average molecular weight is 335 g/mol. The molecule has 0 aromatic heterocycles. The molecule has 1 aliphatic rings. The molecule has 23 heavy (non-hydrogen) atoms. The summed E-state index contributed by atoms with van der Waals surface area (Å²) >= 11 is 6.14. The molecule has 1 N–H and O–H groups in total. The highest BCUT2D eigenvalue weighted by atomic mass is 35.5. The van der Waals surface area contributed by atoms with Crippen LogP contribution >= 0.6 is 11.6 Å². The summed E-state index contributed by atoms with van der Waals surface area (Å²) in [5, 5.41) is 3.78. The molecule has 1 fully saturated rings. The molecule has 1 heterocycles. The van der Waals surface area contributed by atoms with Crippen LogP contribution in [0.15, 0.2) is 36.4 Å². The van der Waals surface area contributed by atoms with Crippen LogP contribution in [0.2, 0.25) is 5.02 Å². The van der Waals surface area contributed by atoms with E-state index >= 15 is 0 Å². The molecule has 1 aromatic rings. The van der Waals surface area contributed by atoms with Gasteiger partial charge >= 0.3 is 0 Å². The topological polar surface area (TPSA) is 32.3 Å². The Balaban J connectivity index is 2.04. The van der Waals surface area contributed by atoms with Gasteiger partial charge in [-0.1, -0.05) is 50.6 Å². The predicted molar refractivity (Wildman–Crippen MR) is 96.6 cm³/mol. The number of rotatable bonds is 5. The molecule has 0 saturated carbocycles. The first-order valence-corrected chi connectivity index (χ1v) is 8.69. The first-order valence-electron chi connectivity index (χ1n) is 8.32. The molecule has 3 nitrogen and oxygen atoms in total. The van der Waals surface area contributed by atoms with Gasteiger partial charge in [-0.05, 0) is 55.1 Å². The number of amides is 1. The number of carbonyl (C=O) groups excluding carboxylic acids is 1. The van der Waals surface area contributed by atoms with Gasteiger partial charge in [-0.15, -0.1) is 0 Å². The van der Waals surface area contributed by atoms with Crippen molar-refractivity contribution in [1.29, 1.82) is 0 Å². The van der Waals surface area contributed by atoms with Gasteiger partial charge in [-0.2, -0.15) is 0 Å². The van der Waals surface area contributed by atoms with Crippen molar-refractivity contribution < 1.29 is 4.79 Å². The number of nitrogens with one attached hydrogen (secondary N) is 1. The molecule has 0 radical (unpaired) electrons. The van der Waals surface area contributed by atoms with Gasteiger partial charge in [0.25, 0.3) is 0 Å². The van der Waals surface area contributed by atoms with Crippen LogP contribution in [0, 0.1) is 5.41 Å². The molecule has 0 bridgehead atoms. The molecular weight excluding hydrogens is 308 g/mol. The second kappa shape index (κ2) is 7.98. The van der Waals surface area contributed by atoms with Crippen LogP contribution in [0.25, 0.3) is 0 Å². The second-order valence-electron chi connectivity index (χ2n) is 7.26. The fraction of sp³-hybridized carbons (Fsp3) is 0.526. The first kappa shape index (κ1) is 18.0. The average Bonchev–Trinajstić information content (AvgIpc) is 2.99. The number of allylic oxidation sites excluding steroid dienone is 1. The van der Waals surface area contributed by atoms with E-state index in [9.17, 15) is 4.79 Å². The Kier molecular flexibility index (Phi) is 6.25.